The lowest BCUT2D eigenvalue weighted by Crippen LogP contribution is -2.22. The van der Waals surface area contributed by atoms with Crippen molar-refractivity contribution in [3.05, 3.63) is 47.5 Å². The summed E-state index contributed by atoms with van der Waals surface area (Å²) < 4.78 is 1.75. The molecule has 1 heterocycles. The molecule has 0 aliphatic carbocycles. The molecule has 6 heteroatoms. The Morgan fingerprint density at radius 3 is 2.86 bits per heavy atom. The Hall–Kier alpha value is -1.85. The van der Waals surface area contributed by atoms with Crippen molar-refractivity contribution in [1.29, 1.82) is 0 Å². The summed E-state index contributed by atoms with van der Waals surface area (Å²) in [6, 6.07) is 7.56. The zero-order chi connectivity index (χ0) is 15.2. The lowest BCUT2D eigenvalue weighted by molar-refractivity contribution is -0.116. The smallest absolute Gasteiger partial charge is 0.244 e. The first-order valence-corrected chi connectivity index (χ1v) is 7.21. The number of anilines is 1. The minimum atomic E-state index is -0.135. The number of nitrogens with one attached hydrogen (secondary N) is 2. The zero-order valence-electron chi connectivity index (χ0n) is 12.1. The molecule has 21 heavy (non-hydrogen) atoms. The van der Waals surface area contributed by atoms with Crippen LogP contribution in [-0.2, 0) is 17.9 Å². The van der Waals surface area contributed by atoms with Gasteiger partial charge in [-0.05, 0) is 12.1 Å². The first kappa shape index (κ1) is 15.5. The van der Waals surface area contributed by atoms with E-state index >= 15 is 0 Å². The number of nitrogens with zero attached hydrogens (tertiary/aromatic N) is 2. The molecule has 0 spiro atoms. The van der Waals surface area contributed by atoms with Gasteiger partial charge in [-0.1, -0.05) is 37.6 Å². The Labute approximate surface area is 129 Å². The molecule has 0 saturated heterocycles. The molecule has 0 bridgehead atoms. The maximum Gasteiger partial charge on any atom is 0.244 e. The number of rotatable bonds is 6. The van der Waals surface area contributed by atoms with E-state index in [4.69, 9.17) is 11.6 Å². The van der Waals surface area contributed by atoms with Crippen molar-refractivity contribution < 1.29 is 4.79 Å². The van der Waals surface area contributed by atoms with E-state index in [-0.39, 0.29) is 12.5 Å². The van der Waals surface area contributed by atoms with Gasteiger partial charge in [0.25, 0.3) is 0 Å². The van der Waals surface area contributed by atoms with Crippen LogP contribution >= 0.6 is 11.6 Å². The van der Waals surface area contributed by atoms with Gasteiger partial charge in [-0.15, -0.1) is 0 Å². The van der Waals surface area contributed by atoms with Gasteiger partial charge in [0, 0.05) is 18.8 Å². The molecule has 1 amide bonds. The summed E-state index contributed by atoms with van der Waals surface area (Å²) in [4.78, 5) is 16.2. The van der Waals surface area contributed by atoms with Crippen molar-refractivity contribution in [2.24, 2.45) is 0 Å². The van der Waals surface area contributed by atoms with Gasteiger partial charge in [0.15, 0.2) is 0 Å². The molecule has 0 radical (unpaired) electrons. The summed E-state index contributed by atoms with van der Waals surface area (Å²) >= 11 is 6.00. The topological polar surface area (TPSA) is 59.0 Å². The van der Waals surface area contributed by atoms with Crippen molar-refractivity contribution in [3.63, 3.8) is 0 Å². The molecule has 2 N–H and O–H groups in total. The number of hydrogen-bond acceptors (Lipinski definition) is 3. The highest BCUT2D eigenvalue weighted by Crippen LogP contribution is 2.20. The number of hydrogen-bond donors (Lipinski definition) is 2. The third-order valence-electron chi connectivity index (χ3n) is 2.85. The number of imidazole rings is 1. The summed E-state index contributed by atoms with van der Waals surface area (Å²) in [5.74, 6) is -0.135. The van der Waals surface area contributed by atoms with Gasteiger partial charge in [0.2, 0.25) is 5.91 Å². The third kappa shape index (κ3) is 4.88. The van der Waals surface area contributed by atoms with Gasteiger partial charge in [-0.3, -0.25) is 4.79 Å². The molecule has 112 valence electrons. The highest BCUT2D eigenvalue weighted by molar-refractivity contribution is 6.33. The Morgan fingerprint density at radius 2 is 2.14 bits per heavy atom. The number of benzene rings is 1. The minimum absolute atomic E-state index is 0.135. The SMILES string of the molecule is CC(C)NCc1cn(CC(=O)Nc2ccccc2Cl)cn1. The van der Waals surface area contributed by atoms with E-state index in [1.807, 2.05) is 18.3 Å². The molecule has 0 unspecified atom stereocenters. The fourth-order valence-corrected chi connectivity index (χ4v) is 1.99. The maximum absolute atomic E-state index is 12.0. The summed E-state index contributed by atoms with van der Waals surface area (Å²) in [6.45, 7) is 5.05. The molecule has 0 fully saturated rings. The van der Waals surface area contributed by atoms with E-state index < -0.39 is 0 Å². The van der Waals surface area contributed by atoms with Crippen molar-refractivity contribution in [1.82, 2.24) is 14.9 Å². The molecule has 0 saturated carbocycles. The molecule has 5 nitrogen and oxygen atoms in total. The minimum Gasteiger partial charge on any atom is -0.328 e. The summed E-state index contributed by atoms with van der Waals surface area (Å²) in [5, 5.41) is 6.59. The van der Waals surface area contributed by atoms with Crippen LogP contribution in [0.4, 0.5) is 5.69 Å². The van der Waals surface area contributed by atoms with Crippen LogP contribution in [0.3, 0.4) is 0 Å². The van der Waals surface area contributed by atoms with E-state index in [9.17, 15) is 4.79 Å². The summed E-state index contributed by atoms with van der Waals surface area (Å²) in [5.41, 5.74) is 1.53. The van der Waals surface area contributed by atoms with Crippen LogP contribution in [0.2, 0.25) is 5.02 Å². The number of aromatic nitrogens is 2. The quantitative estimate of drug-likeness (QED) is 0.862. The maximum atomic E-state index is 12.0. The lowest BCUT2D eigenvalue weighted by Gasteiger charge is -2.07. The number of halogens is 1. The number of carbonyl (C=O) groups is 1. The largest absolute Gasteiger partial charge is 0.328 e. The van der Waals surface area contributed by atoms with Crippen molar-refractivity contribution in [2.45, 2.75) is 33.0 Å². The fourth-order valence-electron chi connectivity index (χ4n) is 1.81. The van der Waals surface area contributed by atoms with E-state index in [1.165, 1.54) is 0 Å². The van der Waals surface area contributed by atoms with Gasteiger partial charge in [0.05, 0.1) is 22.7 Å². The van der Waals surface area contributed by atoms with E-state index in [0.717, 1.165) is 5.69 Å². The van der Waals surface area contributed by atoms with Gasteiger partial charge < -0.3 is 15.2 Å². The van der Waals surface area contributed by atoms with Crippen LogP contribution in [0, 0.1) is 0 Å². The van der Waals surface area contributed by atoms with Crippen LogP contribution in [0.1, 0.15) is 19.5 Å². The molecule has 2 rings (SSSR count). The van der Waals surface area contributed by atoms with Gasteiger partial charge >= 0.3 is 0 Å². The predicted octanol–water partition coefficient (Wildman–Crippen LogP) is 2.67. The van der Waals surface area contributed by atoms with Crippen molar-refractivity contribution >= 4 is 23.2 Å². The predicted molar refractivity (Wildman–Crippen MR) is 84.3 cm³/mol. The zero-order valence-corrected chi connectivity index (χ0v) is 12.9. The molecule has 0 aliphatic rings. The normalized spacial score (nSPS) is 10.9. The third-order valence-corrected chi connectivity index (χ3v) is 3.18. The number of carbonyl (C=O) groups excluding carboxylic acids is 1. The second-order valence-electron chi connectivity index (χ2n) is 5.10. The van der Waals surface area contributed by atoms with Crippen LogP contribution in [0.25, 0.3) is 0 Å². The second-order valence-corrected chi connectivity index (χ2v) is 5.51. The molecule has 0 atom stereocenters. The molecule has 1 aromatic heterocycles. The Morgan fingerprint density at radius 1 is 1.38 bits per heavy atom. The second kappa shape index (κ2) is 7.24. The molecule has 0 aliphatic heterocycles. The number of amides is 1. The standard InChI is InChI=1S/C15H19ClN4O/c1-11(2)17-7-12-8-20(10-18-12)9-15(21)19-14-6-4-3-5-13(14)16/h3-6,8,10-11,17H,7,9H2,1-2H3,(H,19,21). The Bertz CT molecular complexity index is 609. The highest BCUT2D eigenvalue weighted by Gasteiger charge is 2.07. The average molecular weight is 307 g/mol. The lowest BCUT2D eigenvalue weighted by atomic mass is 10.3. The molecule has 2 aromatic rings. The first-order chi connectivity index (χ1) is 10.0. The van der Waals surface area contributed by atoms with Gasteiger partial charge in [0.1, 0.15) is 6.54 Å². The summed E-state index contributed by atoms with van der Waals surface area (Å²) in [6.07, 6.45) is 3.52. The van der Waals surface area contributed by atoms with E-state index in [2.05, 4.69) is 29.5 Å². The monoisotopic (exact) mass is 306 g/mol. The van der Waals surface area contributed by atoms with Crippen molar-refractivity contribution in [3.8, 4) is 0 Å². The Kier molecular flexibility index (Phi) is 5.36. The van der Waals surface area contributed by atoms with Crippen molar-refractivity contribution in [2.75, 3.05) is 5.32 Å². The fraction of sp³-hybridized carbons (Fsp3) is 0.333. The van der Waals surface area contributed by atoms with Crippen LogP contribution in [0.5, 0.6) is 0 Å². The van der Waals surface area contributed by atoms with Crippen LogP contribution < -0.4 is 10.6 Å². The van der Waals surface area contributed by atoms with Crippen LogP contribution in [0.15, 0.2) is 36.8 Å². The first-order valence-electron chi connectivity index (χ1n) is 6.83. The number of para-hydroxylation sites is 1. The molecular weight excluding hydrogens is 288 g/mol. The summed E-state index contributed by atoms with van der Waals surface area (Å²) in [7, 11) is 0. The Balaban J connectivity index is 1.90. The highest BCUT2D eigenvalue weighted by atomic mass is 35.5. The average Bonchev–Trinajstić information content (AvgIpc) is 2.86. The molecular formula is C15H19ClN4O. The van der Waals surface area contributed by atoms with Gasteiger partial charge in [-0.2, -0.15) is 0 Å². The van der Waals surface area contributed by atoms with Crippen LogP contribution in [-0.4, -0.2) is 21.5 Å². The molecule has 1 aromatic carbocycles. The van der Waals surface area contributed by atoms with E-state index in [1.54, 1.807) is 23.0 Å². The van der Waals surface area contributed by atoms with E-state index in [0.29, 0.717) is 23.3 Å². The van der Waals surface area contributed by atoms with Gasteiger partial charge in [-0.25, -0.2) is 4.98 Å².